The summed E-state index contributed by atoms with van der Waals surface area (Å²) < 4.78 is 11.0. The molecule has 0 aliphatic heterocycles. The second-order valence-electron chi connectivity index (χ2n) is 7.19. The van der Waals surface area contributed by atoms with E-state index < -0.39 is 5.63 Å². The van der Waals surface area contributed by atoms with Crippen LogP contribution in [0, 0.1) is 25.2 Å². The second-order valence-corrected chi connectivity index (χ2v) is 7.19. The average molecular weight is 404 g/mol. The van der Waals surface area contributed by atoms with Crippen molar-refractivity contribution in [1.82, 2.24) is 0 Å². The molecule has 3 aromatic rings. The van der Waals surface area contributed by atoms with E-state index in [-0.39, 0.29) is 25.5 Å². The Morgan fingerprint density at radius 1 is 1.13 bits per heavy atom. The molecule has 2 aromatic carbocycles. The van der Waals surface area contributed by atoms with Crippen LogP contribution in [0.1, 0.15) is 30.0 Å². The zero-order chi connectivity index (χ0) is 21.7. The van der Waals surface area contributed by atoms with E-state index in [1.54, 1.807) is 17.0 Å². The lowest BCUT2D eigenvalue weighted by Crippen LogP contribution is -2.35. The van der Waals surface area contributed by atoms with E-state index in [2.05, 4.69) is 6.07 Å². The van der Waals surface area contributed by atoms with E-state index in [1.165, 1.54) is 6.07 Å². The lowest BCUT2D eigenvalue weighted by Gasteiger charge is -2.23. The molecule has 0 bridgehead atoms. The zero-order valence-electron chi connectivity index (χ0n) is 17.4. The van der Waals surface area contributed by atoms with Gasteiger partial charge in [0.1, 0.15) is 11.3 Å². The molecule has 6 heteroatoms. The molecule has 30 heavy (non-hydrogen) atoms. The molecule has 0 fully saturated rings. The first-order valence-electron chi connectivity index (χ1n) is 9.86. The van der Waals surface area contributed by atoms with Crippen molar-refractivity contribution in [1.29, 1.82) is 5.26 Å². The molecular formula is C24H24N2O4. The molecule has 0 atom stereocenters. The quantitative estimate of drug-likeness (QED) is 0.548. The summed E-state index contributed by atoms with van der Waals surface area (Å²) in [6.07, 6.45) is 0.935. The third-order valence-electron chi connectivity index (χ3n) is 4.81. The van der Waals surface area contributed by atoms with Crippen molar-refractivity contribution < 1.29 is 13.9 Å². The van der Waals surface area contributed by atoms with Crippen LogP contribution in [0.5, 0.6) is 5.75 Å². The number of carbonyl (C=O) groups excluding carboxylic acids is 1. The third kappa shape index (κ3) is 4.87. The van der Waals surface area contributed by atoms with Crippen molar-refractivity contribution in [3.63, 3.8) is 0 Å². The van der Waals surface area contributed by atoms with Crippen LogP contribution in [-0.2, 0) is 11.2 Å². The van der Waals surface area contributed by atoms with E-state index in [0.29, 0.717) is 17.8 Å². The monoisotopic (exact) mass is 404 g/mol. The molecule has 154 valence electrons. The molecule has 0 aliphatic rings. The Balaban J connectivity index is 1.81. The second kappa shape index (κ2) is 9.27. The fourth-order valence-electron chi connectivity index (χ4n) is 3.48. The fourth-order valence-corrected chi connectivity index (χ4v) is 3.48. The van der Waals surface area contributed by atoms with Crippen LogP contribution in [-0.4, -0.2) is 19.1 Å². The van der Waals surface area contributed by atoms with Gasteiger partial charge in [0.25, 0.3) is 5.91 Å². The summed E-state index contributed by atoms with van der Waals surface area (Å²) in [6.45, 7) is 6.00. The van der Waals surface area contributed by atoms with Crippen LogP contribution >= 0.6 is 0 Å². The summed E-state index contributed by atoms with van der Waals surface area (Å²) in [6, 6.07) is 14.6. The normalized spacial score (nSPS) is 10.6. The maximum Gasteiger partial charge on any atom is 0.336 e. The molecule has 0 saturated heterocycles. The van der Waals surface area contributed by atoms with Crippen LogP contribution < -0.4 is 15.3 Å². The van der Waals surface area contributed by atoms with Gasteiger partial charge in [-0.2, -0.15) is 5.26 Å². The van der Waals surface area contributed by atoms with Gasteiger partial charge < -0.3 is 14.1 Å². The predicted molar refractivity (Wildman–Crippen MR) is 116 cm³/mol. The number of amides is 1. The molecule has 0 radical (unpaired) electrons. The van der Waals surface area contributed by atoms with Gasteiger partial charge >= 0.3 is 5.63 Å². The molecule has 0 saturated carbocycles. The van der Waals surface area contributed by atoms with Gasteiger partial charge in [0.05, 0.1) is 12.5 Å². The summed E-state index contributed by atoms with van der Waals surface area (Å²) in [5.41, 5.74) is 3.74. The number of aryl methyl sites for hydroxylation is 3. The van der Waals surface area contributed by atoms with Crippen molar-refractivity contribution in [2.45, 2.75) is 33.6 Å². The first-order valence-corrected chi connectivity index (χ1v) is 9.86. The summed E-state index contributed by atoms with van der Waals surface area (Å²) in [4.78, 5) is 26.2. The number of carbonyl (C=O) groups is 1. The van der Waals surface area contributed by atoms with Crippen LogP contribution in [0.4, 0.5) is 5.69 Å². The van der Waals surface area contributed by atoms with E-state index in [9.17, 15) is 9.59 Å². The summed E-state index contributed by atoms with van der Waals surface area (Å²) in [5.74, 6) is 0.187. The number of rotatable bonds is 7. The van der Waals surface area contributed by atoms with Crippen molar-refractivity contribution in [2.75, 3.05) is 18.1 Å². The maximum absolute atomic E-state index is 12.9. The highest BCUT2D eigenvalue weighted by Crippen LogP contribution is 2.24. The standard InChI is InChI=1S/C24H24N2O4/c1-4-18-13-24(28)30-22-14-20(6-7-21(18)22)29-15-23(27)26(9-5-8-25)19-11-16(2)10-17(3)12-19/h6-7,10-14H,4-5,9,15H2,1-3H3. The minimum Gasteiger partial charge on any atom is -0.484 e. The van der Waals surface area contributed by atoms with Gasteiger partial charge in [-0.1, -0.05) is 13.0 Å². The van der Waals surface area contributed by atoms with Gasteiger partial charge in [0, 0.05) is 29.8 Å². The molecule has 1 aromatic heterocycles. The number of hydrogen-bond acceptors (Lipinski definition) is 5. The molecule has 1 heterocycles. The van der Waals surface area contributed by atoms with Crippen molar-refractivity contribution >= 4 is 22.6 Å². The maximum atomic E-state index is 12.9. The van der Waals surface area contributed by atoms with Crippen LogP contribution in [0.3, 0.4) is 0 Å². The number of anilines is 1. The molecule has 0 unspecified atom stereocenters. The Morgan fingerprint density at radius 2 is 1.87 bits per heavy atom. The molecular weight excluding hydrogens is 380 g/mol. The summed E-state index contributed by atoms with van der Waals surface area (Å²) >= 11 is 0. The Hall–Kier alpha value is -3.59. The van der Waals surface area contributed by atoms with Gasteiger partial charge in [0.2, 0.25) is 0 Å². The van der Waals surface area contributed by atoms with Gasteiger partial charge in [-0.05, 0) is 61.2 Å². The van der Waals surface area contributed by atoms with Gasteiger partial charge in [0.15, 0.2) is 6.61 Å². The Labute approximate surface area is 175 Å². The number of hydrogen-bond donors (Lipinski definition) is 0. The minimum atomic E-state index is -0.412. The molecule has 1 amide bonds. The van der Waals surface area contributed by atoms with E-state index in [4.69, 9.17) is 14.4 Å². The predicted octanol–water partition coefficient (Wildman–Crippen LogP) is 4.30. The highest BCUT2D eigenvalue weighted by Gasteiger charge is 2.17. The van der Waals surface area contributed by atoms with E-state index >= 15 is 0 Å². The largest absolute Gasteiger partial charge is 0.484 e. The Morgan fingerprint density at radius 3 is 2.53 bits per heavy atom. The molecule has 0 aliphatic carbocycles. The minimum absolute atomic E-state index is 0.193. The summed E-state index contributed by atoms with van der Waals surface area (Å²) in [7, 11) is 0. The molecule has 0 N–H and O–H groups in total. The van der Waals surface area contributed by atoms with E-state index in [0.717, 1.165) is 27.8 Å². The topological polar surface area (TPSA) is 83.5 Å². The number of nitriles is 1. The average Bonchev–Trinajstić information content (AvgIpc) is 2.70. The third-order valence-corrected chi connectivity index (χ3v) is 4.81. The van der Waals surface area contributed by atoms with Crippen molar-refractivity contribution in [3.05, 3.63) is 69.6 Å². The van der Waals surface area contributed by atoms with Gasteiger partial charge in [-0.25, -0.2) is 4.79 Å². The number of fused-ring (bicyclic) bond motifs is 1. The van der Waals surface area contributed by atoms with Crippen LogP contribution in [0.25, 0.3) is 11.0 Å². The lowest BCUT2D eigenvalue weighted by molar-refractivity contribution is -0.120. The lowest BCUT2D eigenvalue weighted by atomic mass is 10.1. The highest BCUT2D eigenvalue weighted by molar-refractivity contribution is 5.94. The fraction of sp³-hybridized carbons (Fsp3) is 0.292. The number of benzene rings is 2. The molecule has 0 spiro atoms. The first kappa shape index (κ1) is 21.1. The van der Waals surface area contributed by atoms with Crippen molar-refractivity contribution in [3.8, 4) is 11.8 Å². The highest BCUT2D eigenvalue weighted by atomic mass is 16.5. The van der Waals surface area contributed by atoms with Gasteiger partial charge in [-0.15, -0.1) is 0 Å². The van der Waals surface area contributed by atoms with Crippen LogP contribution in [0.15, 0.2) is 51.7 Å². The van der Waals surface area contributed by atoms with E-state index in [1.807, 2.05) is 45.0 Å². The Kier molecular flexibility index (Phi) is 6.53. The van der Waals surface area contributed by atoms with Gasteiger partial charge in [-0.3, -0.25) is 4.79 Å². The Bertz CT molecular complexity index is 1150. The number of nitrogens with zero attached hydrogens (tertiary/aromatic N) is 2. The zero-order valence-corrected chi connectivity index (χ0v) is 17.4. The number of ether oxygens (including phenoxy) is 1. The van der Waals surface area contributed by atoms with Crippen LogP contribution in [0.2, 0.25) is 0 Å². The first-order chi connectivity index (χ1) is 14.4. The molecule has 6 nitrogen and oxygen atoms in total. The molecule has 3 rings (SSSR count). The smallest absolute Gasteiger partial charge is 0.336 e. The summed E-state index contributed by atoms with van der Waals surface area (Å²) in [5, 5.41) is 9.82. The van der Waals surface area contributed by atoms with Crippen molar-refractivity contribution in [2.24, 2.45) is 0 Å². The SMILES string of the molecule is CCc1cc(=O)oc2cc(OCC(=O)N(CCC#N)c3cc(C)cc(C)c3)ccc12.